The highest BCUT2D eigenvalue weighted by Crippen LogP contribution is 2.34. The van der Waals surface area contributed by atoms with Crippen LogP contribution in [0.5, 0.6) is 11.5 Å². The van der Waals surface area contributed by atoms with E-state index < -0.39 is 0 Å². The fourth-order valence-electron chi connectivity index (χ4n) is 2.87. The number of amides is 1. The minimum atomic E-state index is -0.112. The van der Waals surface area contributed by atoms with Crippen molar-refractivity contribution >= 4 is 38.3 Å². The SMILES string of the molecule is Cc1ccc(C)c2sc(N(C)CC(=O)Nc3ccc4c(c3)OCO4)nc12. The molecule has 2 heterocycles. The van der Waals surface area contributed by atoms with Crippen molar-refractivity contribution in [1.29, 1.82) is 0 Å². The number of carbonyl (C=O) groups is 1. The van der Waals surface area contributed by atoms with Gasteiger partial charge in [0.2, 0.25) is 12.7 Å². The molecule has 2 aromatic carbocycles. The number of hydrogen-bond acceptors (Lipinski definition) is 6. The zero-order chi connectivity index (χ0) is 18.3. The molecule has 0 radical (unpaired) electrons. The lowest BCUT2D eigenvalue weighted by molar-refractivity contribution is -0.114. The summed E-state index contributed by atoms with van der Waals surface area (Å²) in [6.07, 6.45) is 0. The number of aromatic nitrogens is 1. The Morgan fingerprint density at radius 1 is 1.19 bits per heavy atom. The molecule has 0 saturated heterocycles. The molecule has 6 nitrogen and oxygen atoms in total. The summed E-state index contributed by atoms with van der Waals surface area (Å²) in [6, 6.07) is 9.54. The third-order valence-corrected chi connectivity index (χ3v) is 5.60. The molecule has 3 aromatic rings. The van der Waals surface area contributed by atoms with Crippen LogP contribution in [0.2, 0.25) is 0 Å². The van der Waals surface area contributed by atoms with E-state index in [0.717, 1.165) is 16.2 Å². The Kier molecular flexibility index (Phi) is 4.16. The standard InChI is InChI=1S/C19H19N3O3S/c1-11-4-5-12(2)18-17(11)21-19(26-18)22(3)9-16(23)20-13-6-7-14-15(8-13)25-10-24-14/h4-8H,9-10H2,1-3H3,(H,20,23). The zero-order valence-corrected chi connectivity index (χ0v) is 15.6. The molecule has 0 spiro atoms. The van der Waals surface area contributed by atoms with Gasteiger partial charge in [-0.2, -0.15) is 0 Å². The molecule has 0 unspecified atom stereocenters. The van der Waals surface area contributed by atoms with Crippen molar-refractivity contribution in [2.24, 2.45) is 0 Å². The first-order valence-electron chi connectivity index (χ1n) is 8.28. The van der Waals surface area contributed by atoms with Crippen molar-refractivity contribution < 1.29 is 14.3 Å². The largest absolute Gasteiger partial charge is 0.454 e. The molecule has 0 saturated carbocycles. The van der Waals surface area contributed by atoms with Crippen LogP contribution in [-0.4, -0.2) is 31.3 Å². The maximum Gasteiger partial charge on any atom is 0.243 e. The van der Waals surface area contributed by atoms with Gasteiger partial charge in [-0.15, -0.1) is 0 Å². The predicted octanol–water partition coefficient (Wildman–Crippen LogP) is 3.72. The molecule has 1 aliphatic heterocycles. The molecule has 7 heteroatoms. The van der Waals surface area contributed by atoms with Crippen molar-refractivity contribution in [2.45, 2.75) is 13.8 Å². The Hall–Kier alpha value is -2.80. The molecule has 1 aromatic heterocycles. The number of nitrogens with one attached hydrogen (secondary N) is 1. The molecule has 1 aliphatic rings. The zero-order valence-electron chi connectivity index (χ0n) is 14.8. The number of benzene rings is 2. The Morgan fingerprint density at radius 3 is 2.77 bits per heavy atom. The van der Waals surface area contributed by atoms with Gasteiger partial charge in [0.25, 0.3) is 0 Å². The topological polar surface area (TPSA) is 63.7 Å². The summed E-state index contributed by atoms with van der Waals surface area (Å²) in [5.74, 6) is 1.23. The average molecular weight is 369 g/mol. The highest BCUT2D eigenvalue weighted by molar-refractivity contribution is 7.22. The van der Waals surface area contributed by atoms with Gasteiger partial charge in [-0.1, -0.05) is 23.5 Å². The van der Waals surface area contributed by atoms with Crippen LogP contribution in [0.15, 0.2) is 30.3 Å². The minimum Gasteiger partial charge on any atom is -0.454 e. The first-order valence-corrected chi connectivity index (χ1v) is 9.10. The van der Waals surface area contributed by atoms with Crippen LogP contribution in [0.1, 0.15) is 11.1 Å². The first-order chi connectivity index (χ1) is 12.5. The molecule has 0 fully saturated rings. The van der Waals surface area contributed by atoms with E-state index >= 15 is 0 Å². The number of rotatable bonds is 4. The molecule has 0 bridgehead atoms. The lowest BCUT2D eigenvalue weighted by Gasteiger charge is -2.15. The van der Waals surface area contributed by atoms with Crippen LogP contribution in [-0.2, 0) is 4.79 Å². The maximum absolute atomic E-state index is 12.4. The molecule has 0 aliphatic carbocycles. The van der Waals surface area contributed by atoms with E-state index in [-0.39, 0.29) is 19.2 Å². The summed E-state index contributed by atoms with van der Waals surface area (Å²) >= 11 is 1.61. The lowest BCUT2D eigenvalue weighted by Crippen LogP contribution is -2.29. The smallest absolute Gasteiger partial charge is 0.243 e. The molecular weight excluding hydrogens is 350 g/mol. The van der Waals surface area contributed by atoms with E-state index in [2.05, 4.69) is 31.3 Å². The van der Waals surface area contributed by atoms with Gasteiger partial charge in [-0.05, 0) is 37.1 Å². The molecule has 134 valence electrons. The molecule has 0 atom stereocenters. The number of nitrogens with zero attached hydrogens (tertiary/aromatic N) is 2. The highest BCUT2D eigenvalue weighted by atomic mass is 32.1. The van der Waals surface area contributed by atoms with Crippen molar-refractivity contribution in [3.05, 3.63) is 41.5 Å². The van der Waals surface area contributed by atoms with Gasteiger partial charge < -0.3 is 19.7 Å². The predicted molar refractivity (Wildman–Crippen MR) is 104 cm³/mol. The van der Waals surface area contributed by atoms with E-state index in [1.165, 1.54) is 10.3 Å². The number of likely N-dealkylation sites (N-methyl/N-ethyl adjacent to an activating group) is 1. The average Bonchev–Trinajstić information content (AvgIpc) is 3.25. The van der Waals surface area contributed by atoms with Crippen LogP contribution in [0.4, 0.5) is 10.8 Å². The monoisotopic (exact) mass is 369 g/mol. The first kappa shape index (κ1) is 16.7. The van der Waals surface area contributed by atoms with Gasteiger partial charge >= 0.3 is 0 Å². The lowest BCUT2D eigenvalue weighted by atomic mass is 10.1. The van der Waals surface area contributed by atoms with E-state index in [9.17, 15) is 4.79 Å². The number of carbonyl (C=O) groups excluding carboxylic acids is 1. The maximum atomic E-state index is 12.4. The summed E-state index contributed by atoms with van der Waals surface area (Å²) in [5, 5.41) is 3.72. The normalized spacial score (nSPS) is 12.4. The molecule has 26 heavy (non-hydrogen) atoms. The van der Waals surface area contributed by atoms with E-state index in [1.54, 1.807) is 29.5 Å². The second-order valence-corrected chi connectivity index (χ2v) is 7.32. The van der Waals surface area contributed by atoms with Crippen molar-refractivity contribution in [1.82, 2.24) is 4.98 Å². The van der Waals surface area contributed by atoms with Crippen molar-refractivity contribution in [2.75, 3.05) is 30.6 Å². The van der Waals surface area contributed by atoms with Gasteiger partial charge in [0.1, 0.15) is 0 Å². The molecular formula is C19H19N3O3S. The Balaban J connectivity index is 1.47. The summed E-state index contributed by atoms with van der Waals surface area (Å²) < 4.78 is 11.8. The fraction of sp³-hybridized carbons (Fsp3) is 0.263. The van der Waals surface area contributed by atoms with Gasteiger partial charge in [-0.3, -0.25) is 4.79 Å². The number of hydrogen-bond donors (Lipinski definition) is 1. The van der Waals surface area contributed by atoms with Gasteiger partial charge in [0.15, 0.2) is 16.6 Å². The number of anilines is 2. The number of thiazole rings is 1. The van der Waals surface area contributed by atoms with E-state index in [4.69, 9.17) is 14.5 Å². The van der Waals surface area contributed by atoms with E-state index in [1.807, 2.05) is 11.9 Å². The van der Waals surface area contributed by atoms with Crippen molar-refractivity contribution in [3.8, 4) is 11.5 Å². The third kappa shape index (κ3) is 3.06. The second kappa shape index (κ2) is 6.49. The number of aryl methyl sites for hydroxylation is 2. The molecule has 1 amide bonds. The third-order valence-electron chi connectivity index (χ3n) is 4.29. The summed E-state index contributed by atoms with van der Waals surface area (Å²) in [4.78, 5) is 19.0. The van der Waals surface area contributed by atoms with E-state index in [0.29, 0.717) is 17.2 Å². The summed E-state index contributed by atoms with van der Waals surface area (Å²) in [6.45, 7) is 4.56. The number of ether oxygens (including phenoxy) is 2. The highest BCUT2D eigenvalue weighted by Gasteiger charge is 2.16. The molecule has 1 N–H and O–H groups in total. The summed E-state index contributed by atoms with van der Waals surface area (Å²) in [5.41, 5.74) is 4.04. The van der Waals surface area contributed by atoms with Crippen LogP contribution in [0.3, 0.4) is 0 Å². The fourth-order valence-corrected chi connectivity index (χ4v) is 3.94. The Labute approximate surface area is 155 Å². The second-order valence-electron chi connectivity index (χ2n) is 6.35. The minimum absolute atomic E-state index is 0.112. The van der Waals surface area contributed by atoms with Crippen LogP contribution < -0.4 is 19.7 Å². The van der Waals surface area contributed by atoms with Crippen LogP contribution >= 0.6 is 11.3 Å². The van der Waals surface area contributed by atoms with Gasteiger partial charge in [0, 0.05) is 18.8 Å². The van der Waals surface area contributed by atoms with Gasteiger partial charge in [-0.25, -0.2) is 4.98 Å². The summed E-state index contributed by atoms with van der Waals surface area (Å²) in [7, 11) is 1.88. The van der Waals surface area contributed by atoms with Crippen LogP contribution in [0.25, 0.3) is 10.2 Å². The van der Waals surface area contributed by atoms with Crippen molar-refractivity contribution in [3.63, 3.8) is 0 Å². The molecule has 4 rings (SSSR count). The quantitative estimate of drug-likeness (QED) is 0.759. The van der Waals surface area contributed by atoms with Gasteiger partial charge in [0.05, 0.1) is 16.8 Å². The number of fused-ring (bicyclic) bond motifs is 2. The Morgan fingerprint density at radius 2 is 1.96 bits per heavy atom. The van der Waals surface area contributed by atoms with Crippen LogP contribution in [0, 0.1) is 13.8 Å². The Bertz CT molecular complexity index is 960.